The zero-order valence-corrected chi connectivity index (χ0v) is 12.7. The summed E-state index contributed by atoms with van der Waals surface area (Å²) in [6, 6.07) is 7.01. The molecule has 0 saturated carbocycles. The number of hydrogen-bond acceptors (Lipinski definition) is 4. The Balaban J connectivity index is 2.20. The van der Waals surface area contributed by atoms with Crippen molar-refractivity contribution in [1.82, 2.24) is 9.71 Å². The Labute approximate surface area is 127 Å². The number of aromatic nitrogens is 1. The van der Waals surface area contributed by atoms with Crippen LogP contribution >= 0.6 is 11.6 Å². The van der Waals surface area contributed by atoms with E-state index in [4.69, 9.17) is 11.6 Å². The summed E-state index contributed by atoms with van der Waals surface area (Å²) in [5.74, 6) is -0.296. The number of sulfonamides is 1. The Kier molecular flexibility index (Phi) is 4.76. The first-order valence-corrected chi connectivity index (χ1v) is 7.86. The molecule has 21 heavy (non-hydrogen) atoms. The van der Waals surface area contributed by atoms with Gasteiger partial charge >= 0.3 is 0 Å². The van der Waals surface area contributed by atoms with Crippen molar-refractivity contribution in [3.63, 3.8) is 0 Å². The summed E-state index contributed by atoms with van der Waals surface area (Å²) in [5.41, 5.74) is 0.555. The highest BCUT2D eigenvalue weighted by Gasteiger charge is 2.18. The monoisotopic (exact) mass is 329 g/mol. The Morgan fingerprint density at radius 2 is 2.10 bits per heavy atom. The van der Waals surface area contributed by atoms with Crippen LogP contribution in [0.25, 0.3) is 0 Å². The number of anilines is 1. The third-order valence-corrected chi connectivity index (χ3v) is 4.47. The molecule has 2 aromatic rings. The van der Waals surface area contributed by atoms with Crippen molar-refractivity contribution in [1.29, 1.82) is 0 Å². The maximum Gasteiger partial charge on any atom is 0.244 e. The zero-order valence-electron chi connectivity index (χ0n) is 11.1. The largest absolute Gasteiger partial charge is 0.372 e. The van der Waals surface area contributed by atoms with Crippen molar-refractivity contribution < 1.29 is 12.8 Å². The van der Waals surface area contributed by atoms with Crippen LogP contribution < -0.4 is 10.0 Å². The van der Waals surface area contributed by atoms with E-state index in [2.05, 4.69) is 15.0 Å². The third-order valence-electron chi connectivity index (χ3n) is 2.75. The number of nitrogens with zero attached hydrogens (tertiary/aromatic N) is 1. The summed E-state index contributed by atoms with van der Waals surface area (Å²) in [4.78, 5) is 3.99. The van der Waals surface area contributed by atoms with Crippen molar-refractivity contribution in [2.45, 2.75) is 11.4 Å². The molecule has 0 spiro atoms. The number of rotatable bonds is 5. The Morgan fingerprint density at radius 3 is 2.76 bits per heavy atom. The fraction of sp³-hybridized carbons (Fsp3) is 0.154. The number of benzene rings is 1. The molecule has 1 aromatic heterocycles. The van der Waals surface area contributed by atoms with Crippen LogP contribution in [0.15, 0.2) is 41.4 Å². The highest BCUT2D eigenvalue weighted by atomic mass is 35.5. The molecule has 1 heterocycles. The van der Waals surface area contributed by atoms with Crippen molar-refractivity contribution >= 4 is 27.4 Å². The molecule has 2 N–H and O–H groups in total. The Hall–Kier alpha value is -1.70. The predicted octanol–water partition coefficient (Wildman–Crippen LogP) is 2.39. The van der Waals surface area contributed by atoms with Gasteiger partial charge in [0.05, 0.1) is 5.02 Å². The van der Waals surface area contributed by atoms with E-state index in [-0.39, 0.29) is 22.3 Å². The first-order valence-electron chi connectivity index (χ1n) is 6.00. The topological polar surface area (TPSA) is 71.1 Å². The van der Waals surface area contributed by atoms with Crippen molar-refractivity contribution in [2.24, 2.45) is 0 Å². The number of halogens is 2. The molecule has 0 unspecified atom stereocenters. The van der Waals surface area contributed by atoms with E-state index in [1.807, 2.05) is 0 Å². The van der Waals surface area contributed by atoms with Gasteiger partial charge < -0.3 is 5.32 Å². The molecule has 0 amide bonds. The molecule has 5 nitrogen and oxygen atoms in total. The number of nitrogens with one attached hydrogen (secondary N) is 2. The lowest BCUT2D eigenvalue weighted by atomic mass is 10.2. The maximum absolute atomic E-state index is 13.0. The lowest BCUT2D eigenvalue weighted by Crippen LogP contribution is -2.24. The quantitative estimate of drug-likeness (QED) is 0.883. The maximum atomic E-state index is 13.0. The van der Waals surface area contributed by atoms with E-state index in [0.29, 0.717) is 5.56 Å². The van der Waals surface area contributed by atoms with E-state index in [9.17, 15) is 12.8 Å². The summed E-state index contributed by atoms with van der Waals surface area (Å²) in [6.07, 6.45) is 1.49. The summed E-state index contributed by atoms with van der Waals surface area (Å²) < 4.78 is 40.0. The molecule has 0 bridgehead atoms. The molecule has 2 rings (SSSR count). The van der Waals surface area contributed by atoms with E-state index < -0.39 is 15.8 Å². The van der Waals surface area contributed by atoms with Gasteiger partial charge in [0.15, 0.2) is 0 Å². The molecular weight excluding hydrogens is 317 g/mol. The van der Waals surface area contributed by atoms with Crippen LogP contribution in [0.3, 0.4) is 0 Å². The molecule has 8 heteroatoms. The van der Waals surface area contributed by atoms with E-state index >= 15 is 0 Å². The van der Waals surface area contributed by atoms with Gasteiger partial charge in [-0.05, 0) is 29.8 Å². The summed E-state index contributed by atoms with van der Waals surface area (Å²) in [6.45, 7) is 0.000379. The van der Waals surface area contributed by atoms with Gasteiger partial charge in [0.2, 0.25) is 10.0 Å². The SMILES string of the molecule is CNc1ncccc1S(=O)(=O)NCc1ccc(F)c(Cl)c1. The summed E-state index contributed by atoms with van der Waals surface area (Å²) >= 11 is 5.66. The van der Waals surface area contributed by atoms with E-state index in [1.165, 1.54) is 36.5 Å². The second kappa shape index (κ2) is 6.38. The van der Waals surface area contributed by atoms with Gasteiger partial charge in [-0.1, -0.05) is 17.7 Å². The summed E-state index contributed by atoms with van der Waals surface area (Å²) in [7, 11) is -2.15. The van der Waals surface area contributed by atoms with Crippen LogP contribution in [-0.4, -0.2) is 20.4 Å². The van der Waals surface area contributed by atoms with Crippen molar-refractivity contribution in [3.8, 4) is 0 Å². The highest BCUT2D eigenvalue weighted by Crippen LogP contribution is 2.19. The van der Waals surface area contributed by atoms with Crippen LogP contribution in [0.4, 0.5) is 10.2 Å². The Morgan fingerprint density at radius 1 is 1.33 bits per heavy atom. The Bertz CT molecular complexity index is 753. The van der Waals surface area contributed by atoms with Gasteiger partial charge in [0.1, 0.15) is 16.5 Å². The third kappa shape index (κ3) is 3.69. The van der Waals surface area contributed by atoms with Crippen LogP contribution in [-0.2, 0) is 16.6 Å². The first-order chi connectivity index (χ1) is 9.94. The second-order valence-electron chi connectivity index (χ2n) is 4.17. The average Bonchev–Trinajstić information content (AvgIpc) is 2.48. The molecule has 0 atom stereocenters. The van der Waals surface area contributed by atoms with Crippen LogP contribution in [0, 0.1) is 5.82 Å². The molecule has 0 saturated heterocycles. The van der Waals surface area contributed by atoms with Gasteiger partial charge in [-0.2, -0.15) is 0 Å². The minimum Gasteiger partial charge on any atom is -0.372 e. The standard InChI is InChI=1S/C13H13ClFN3O2S/c1-16-13-12(3-2-6-17-13)21(19,20)18-8-9-4-5-11(15)10(14)7-9/h2-7,18H,8H2,1H3,(H,16,17). The molecule has 1 aromatic carbocycles. The van der Waals surface area contributed by atoms with Gasteiger partial charge in [-0.3, -0.25) is 0 Å². The molecule has 0 fully saturated rings. The molecule has 0 aliphatic carbocycles. The van der Waals surface area contributed by atoms with Gasteiger partial charge in [0.25, 0.3) is 0 Å². The summed E-state index contributed by atoms with van der Waals surface area (Å²) in [5, 5.41) is 2.66. The lowest BCUT2D eigenvalue weighted by molar-refractivity contribution is 0.581. The zero-order chi connectivity index (χ0) is 15.5. The lowest BCUT2D eigenvalue weighted by Gasteiger charge is -2.10. The number of hydrogen-bond donors (Lipinski definition) is 2. The molecular formula is C13H13ClFN3O2S. The molecule has 0 aliphatic rings. The van der Waals surface area contributed by atoms with E-state index in [1.54, 1.807) is 7.05 Å². The van der Waals surface area contributed by atoms with Crippen LogP contribution in [0.1, 0.15) is 5.56 Å². The van der Waals surface area contributed by atoms with Gasteiger partial charge in [-0.15, -0.1) is 0 Å². The molecule has 0 aliphatic heterocycles. The van der Waals surface area contributed by atoms with Crippen LogP contribution in [0.5, 0.6) is 0 Å². The fourth-order valence-corrected chi connectivity index (χ4v) is 3.08. The van der Waals surface area contributed by atoms with Gasteiger partial charge in [0, 0.05) is 19.8 Å². The fourth-order valence-electron chi connectivity index (χ4n) is 1.70. The highest BCUT2D eigenvalue weighted by molar-refractivity contribution is 7.89. The second-order valence-corrected chi connectivity index (χ2v) is 6.32. The normalized spacial score (nSPS) is 11.4. The minimum atomic E-state index is -3.74. The molecule has 0 radical (unpaired) electrons. The molecule has 112 valence electrons. The van der Waals surface area contributed by atoms with E-state index in [0.717, 1.165) is 0 Å². The predicted molar refractivity (Wildman–Crippen MR) is 79.2 cm³/mol. The smallest absolute Gasteiger partial charge is 0.244 e. The average molecular weight is 330 g/mol. The number of pyridine rings is 1. The van der Waals surface area contributed by atoms with Crippen molar-refractivity contribution in [2.75, 3.05) is 12.4 Å². The minimum absolute atomic E-state index is 0.000379. The van der Waals surface area contributed by atoms with Crippen molar-refractivity contribution in [3.05, 3.63) is 52.9 Å². The first kappa shape index (κ1) is 15.7. The van der Waals surface area contributed by atoms with Crippen LogP contribution in [0.2, 0.25) is 5.02 Å². The van der Waals surface area contributed by atoms with Gasteiger partial charge in [-0.25, -0.2) is 22.5 Å².